The van der Waals surface area contributed by atoms with Crippen LogP contribution < -0.4 is 10.6 Å². The Labute approximate surface area is 158 Å². The van der Waals surface area contributed by atoms with Crippen LogP contribution in [-0.2, 0) is 13.1 Å². The number of aromatic nitrogens is 1. The lowest BCUT2D eigenvalue weighted by atomic mass is 10.1. The Kier molecular flexibility index (Phi) is 5.94. The fourth-order valence-corrected chi connectivity index (χ4v) is 2.67. The second-order valence-corrected chi connectivity index (χ2v) is 6.27. The minimum absolute atomic E-state index is 0.218. The van der Waals surface area contributed by atoms with Crippen molar-refractivity contribution in [1.29, 1.82) is 0 Å². The van der Waals surface area contributed by atoms with Crippen LogP contribution in [0.15, 0.2) is 72.9 Å². The first-order valence-electron chi connectivity index (χ1n) is 8.74. The van der Waals surface area contributed by atoms with Crippen molar-refractivity contribution in [2.45, 2.75) is 20.0 Å². The molecule has 0 radical (unpaired) electrons. The molecule has 2 aromatic carbocycles. The molecule has 5 heteroatoms. The number of carbonyl (C=O) groups is 2. The van der Waals surface area contributed by atoms with Crippen molar-refractivity contribution in [3.63, 3.8) is 0 Å². The molecule has 0 bridgehead atoms. The quantitative estimate of drug-likeness (QED) is 0.710. The molecule has 0 aliphatic carbocycles. The number of hydrogen-bond acceptors (Lipinski definition) is 3. The molecule has 5 nitrogen and oxygen atoms in total. The van der Waals surface area contributed by atoms with Crippen LogP contribution >= 0.6 is 0 Å². The molecule has 0 unspecified atom stereocenters. The molecular formula is C22H21N3O2. The number of amides is 2. The lowest BCUT2D eigenvalue weighted by molar-refractivity contribution is 0.0946. The van der Waals surface area contributed by atoms with Gasteiger partial charge < -0.3 is 10.6 Å². The van der Waals surface area contributed by atoms with Crippen LogP contribution in [0.4, 0.5) is 0 Å². The molecule has 0 aliphatic heterocycles. The predicted octanol–water partition coefficient (Wildman–Crippen LogP) is 3.25. The lowest BCUT2D eigenvalue weighted by Gasteiger charge is -2.08. The molecule has 2 N–H and O–H groups in total. The van der Waals surface area contributed by atoms with Crippen LogP contribution in [0.1, 0.15) is 37.5 Å². The van der Waals surface area contributed by atoms with Gasteiger partial charge in [0.1, 0.15) is 5.69 Å². The van der Waals surface area contributed by atoms with Gasteiger partial charge in [-0.15, -0.1) is 0 Å². The summed E-state index contributed by atoms with van der Waals surface area (Å²) in [6.07, 6.45) is 1.47. The van der Waals surface area contributed by atoms with E-state index in [1.807, 2.05) is 61.5 Å². The van der Waals surface area contributed by atoms with Crippen molar-refractivity contribution in [1.82, 2.24) is 15.6 Å². The van der Waals surface area contributed by atoms with Gasteiger partial charge >= 0.3 is 0 Å². The molecule has 0 fully saturated rings. The summed E-state index contributed by atoms with van der Waals surface area (Å²) in [5.74, 6) is -0.553. The van der Waals surface area contributed by atoms with Crippen LogP contribution in [-0.4, -0.2) is 16.8 Å². The van der Waals surface area contributed by atoms with Crippen molar-refractivity contribution in [2.75, 3.05) is 0 Å². The fraction of sp³-hybridized carbons (Fsp3) is 0.136. The van der Waals surface area contributed by atoms with E-state index in [0.717, 1.165) is 16.7 Å². The molecule has 3 rings (SSSR count). The molecular weight excluding hydrogens is 338 g/mol. The summed E-state index contributed by atoms with van der Waals surface area (Å²) in [5.41, 5.74) is 3.78. The van der Waals surface area contributed by atoms with Gasteiger partial charge in [0.05, 0.1) is 0 Å². The van der Waals surface area contributed by atoms with Gasteiger partial charge in [-0.1, -0.05) is 60.2 Å². The maximum atomic E-state index is 12.4. The Hall–Kier alpha value is -3.47. The minimum atomic E-state index is -0.311. The third kappa shape index (κ3) is 5.25. The molecule has 1 aromatic heterocycles. The van der Waals surface area contributed by atoms with Crippen LogP contribution in [0.25, 0.3) is 0 Å². The maximum Gasteiger partial charge on any atom is 0.270 e. The van der Waals surface area contributed by atoms with E-state index in [1.165, 1.54) is 12.3 Å². The van der Waals surface area contributed by atoms with E-state index >= 15 is 0 Å². The van der Waals surface area contributed by atoms with Crippen LogP contribution in [0.3, 0.4) is 0 Å². The van der Waals surface area contributed by atoms with Gasteiger partial charge in [0.15, 0.2) is 0 Å². The third-order valence-corrected chi connectivity index (χ3v) is 4.09. The molecule has 27 heavy (non-hydrogen) atoms. The number of rotatable bonds is 6. The fourth-order valence-electron chi connectivity index (χ4n) is 2.67. The smallest absolute Gasteiger partial charge is 0.270 e. The minimum Gasteiger partial charge on any atom is -0.348 e. The Morgan fingerprint density at radius 2 is 1.52 bits per heavy atom. The van der Waals surface area contributed by atoms with Gasteiger partial charge in [-0.25, -0.2) is 0 Å². The van der Waals surface area contributed by atoms with Crippen molar-refractivity contribution in [3.8, 4) is 0 Å². The Balaban J connectivity index is 1.60. The Morgan fingerprint density at radius 3 is 2.30 bits per heavy atom. The van der Waals surface area contributed by atoms with Crippen molar-refractivity contribution in [2.24, 2.45) is 0 Å². The Morgan fingerprint density at radius 1 is 0.815 bits per heavy atom. The topological polar surface area (TPSA) is 71.1 Å². The number of pyridine rings is 1. The molecule has 1 heterocycles. The predicted molar refractivity (Wildman–Crippen MR) is 104 cm³/mol. The SMILES string of the molecule is Cc1cccc(CNC(=O)c2cc(C(=O)NCc3ccccc3)ccn2)c1. The Bertz CT molecular complexity index is 939. The van der Waals surface area contributed by atoms with Crippen molar-refractivity contribution < 1.29 is 9.59 Å². The summed E-state index contributed by atoms with van der Waals surface area (Å²) in [6.45, 7) is 2.84. The molecule has 2 amide bonds. The monoisotopic (exact) mass is 359 g/mol. The summed E-state index contributed by atoms with van der Waals surface area (Å²) in [7, 11) is 0. The molecule has 136 valence electrons. The van der Waals surface area contributed by atoms with Crippen molar-refractivity contribution >= 4 is 11.8 Å². The molecule has 0 atom stereocenters. The summed E-state index contributed by atoms with van der Waals surface area (Å²) < 4.78 is 0. The van der Waals surface area contributed by atoms with E-state index < -0.39 is 0 Å². The van der Waals surface area contributed by atoms with Gasteiger partial charge in [0, 0.05) is 24.8 Å². The van der Waals surface area contributed by atoms with Crippen LogP contribution in [0, 0.1) is 6.92 Å². The first-order chi connectivity index (χ1) is 13.1. The zero-order valence-electron chi connectivity index (χ0n) is 15.1. The number of hydrogen-bond donors (Lipinski definition) is 2. The summed E-state index contributed by atoms with van der Waals surface area (Å²) in [5, 5.41) is 5.68. The highest BCUT2D eigenvalue weighted by Crippen LogP contribution is 2.06. The van der Waals surface area contributed by atoms with Gasteiger partial charge in [0.2, 0.25) is 0 Å². The zero-order chi connectivity index (χ0) is 19.1. The zero-order valence-corrected chi connectivity index (χ0v) is 15.1. The van der Waals surface area contributed by atoms with Gasteiger partial charge in [0.25, 0.3) is 11.8 Å². The number of nitrogens with zero attached hydrogens (tertiary/aromatic N) is 1. The highest BCUT2D eigenvalue weighted by atomic mass is 16.2. The number of aryl methyl sites for hydroxylation is 1. The average Bonchev–Trinajstić information content (AvgIpc) is 2.71. The van der Waals surface area contributed by atoms with Gasteiger partial charge in [-0.2, -0.15) is 0 Å². The standard InChI is InChI=1S/C22H21N3O2/c1-16-6-5-9-18(12-16)15-25-22(27)20-13-19(10-11-23-20)21(26)24-14-17-7-3-2-4-8-17/h2-13H,14-15H2,1H3,(H,24,26)(H,25,27). The first kappa shape index (κ1) is 18.3. The molecule has 0 saturated heterocycles. The largest absolute Gasteiger partial charge is 0.348 e. The molecule has 0 spiro atoms. The van der Waals surface area contributed by atoms with Crippen LogP contribution in [0.5, 0.6) is 0 Å². The number of nitrogens with one attached hydrogen (secondary N) is 2. The molecule has 0 saturated carbocycles. The first-order valence-corrected chi connectivity index (χ1v) is 8.74. The van der Waals surface area contributed by atoms with Gasteiger partial charge in [-0.05, 0) is 30.2 Å². The number of benzene rings is 2. The van der Waals surface area contributed by atoms with E-state index in [-0.39, 0.29) is 17.5 Å². The maximum absolute atomic E-state index is 12.4. The highest BCUT2D eigenvalue weighted by Gasteiger charge is 2.11. The second kappa shape index (κ2) is 8.76. The average molecular weight is 359 g/mol. The van der Waals surface area contributed by atoms with E-state index in [0.29, 0.717) is 18.7 Å². The van der Waals surface area contributed by atoms with E-state index in [4.69, 9.17) is 0 Å². The normalized spacial score (nSPS) is 10.3. The summed E-state index contributed by atoms with van der Waals surface area (Å²) in [6, 6.07) is 20.7. The third-order valence-electron chi connectivity index (χ3n) is 4.09. The van der Waals surface area contributed by atoms with Gasteiger partial charge in [-0.3, -0.25) is 14.6 Å². The lowest BCUT2D eigenvalue weighted by Crippen LogP contribution is -2.26. The molecule has 3 aromatic rings. The summed E-state index contributed by atoms with van der Waals surface area (Å²) in [4.78, 5) is 28.8. The van der Waals surface area contributed by atoms with Crippen molar-refractivity contribution in [3.05, 3.63) is 101 Å². The number of carbonyl (C=O) groups excluding carboxylic acids is 2. The van der Waals surface area contributed by atoms with E-state index in [9.17, 15) is 9.59 Å². The van der Waals surface area contributed by atoms with E-state index in [1.54, 1.807) is 6.07 Å². The molecule has 0 aliphatic rings. The highest BCUT2D eigenvalue weighted by molar-refractivity contribution is 5.98. The summed E-state index contributed by atoms with van der Waals surface area (Å²) >= 11 is 0. The van der Waals surface area contributed by atoms with E-state index in [2.05, 4.69) is 15.6 Å². The van der Waals surface area contributed by atoms with Crippen LogP contribution in [0.2, 0.25) is 0 Å². The second-order valence-electron chi connectivity index (χ2n) is 6.27.